The molecule has 3 saturated heterocycles. The van der Waals surface area contributed by atoms with Crippen molar-refractivity contribution in [2.45, 2.75) is 128 Å². The average molecular weight is 1630 g/mol. The fraction of sp³-hybridized carbons (Fsp3) is 0.342. The van der Waals surface area contributed by atoms with Gasteiger partial charge >= 0.3 is 15.5 Å². The van der Waals surface area contributed by atoms with Crippen molar-refractivity contribution in [2.24, 2.45) is 24.2 Å². The number of rotatable bonds is 19. The lowest BCUT2D eigenvalue weighted by Gasteiger charge is -2.34. The van der Waals surface area contributed by atoms with Gasteiger partial charge in [-0.05, 0) is 143 Å². The Kier molecular flexibility index (Phi) is 25.6. The number of thiocarbonyl (C=S) groups is 3. The monoisotopic (exact) mass is 1630 g/mol. The van der Waals surface area contributed by atoms with E-state index >= 15 is 0 Å². The molecule has 3 fully saturated rings. The maximum Gasteiger partial charge on any atom is 0.511 e. The van der Waals surface area contributed by atoms with E-state index < -0.39 is 30.8 Å². The molecule has 11 aromatic rings. The summed E-state index contributed by atoms with van der Waals surface area (Å²) >= 11 is 17.2. The summed E-state index contributed by atoms with van der Waals surface area (Å²) in [6.07, 6.45) is 12.6. The second kappa shape index (κ2) is 34.3. The number of nitrogens with one attached hydrogen (secondary N) is 2. The van der Waals surface area contributed by atoms with Gasteiger partial charge in [-0.2, -0.15) is 22.6 Å². The molecule has 3 aliphatic heterocycles. The van der Waals surface area contributed by atoms with Crippen molar-refractivity contribution in [1.29, 1.82) is 0 Å². The molecule has 6 aromatic carbocycles. The van der Waals surface area contributed by atoms with Gasteiger partial charge in [0.15, 0.2) is 0 Å². The predicted molar refractivity (Wildman–Crippen MR) is 449 cm³/mol. The first-order valence-electron chi connectivity index (χ1n) is 36.2. The number of anilines is 3. The highest BCUT2D eigenvalue weighted by molar-refractivity contribution is 7.90. The van der Waals surface area contributed by atoms with Gasteiger partial charge in [-0.25, -0.2) is 21.1 Å². The third-order valence-corrected chi connectivity index (χ3v) is 26.0. The molecule has 580 valence electrons. The maximum atomic E-state index is 13.0. The molecule has 5 aromatic heterocycles. The van der Waals surface area contributed by atoms with E-state index in [1.54, 1.807) is 47.7 Å². The third kappa shape index (κ3) is 18.1. The van der Waals surface area contributed by atoms with Crippen LogP contribution < -0.4 is 32.7 Å². The van der Waals surface area contributed by atoms with E-state index in [-0.39, 0.29) is 67.2 Å². The van der Waals surface area contributed by atoms with Gasteiger partial charge in [0.1, 0.15) is 30.8 Å². The summed E-state index contributed by atoms with van der Waals surface area (Å²) in [4.78, 5) is 27.1. The molecule has 3 aliphatic rings. The number of carbonyl (C=O) groups is 2. The Morgan fingerprint density at radius 1 is 0.582 bits per heavy atom. The highest BCUT2D eigenvalue weighted by Gasteiger charge is 2.50. The zero-order chi connectivity index (χ0) is 78.0. The number of sulfonamides is 2. The molecule has 21 nitrogen and oxygen atoms in total. The van der Waals surface area contributed by atoms with Crippen LogP contribution in [0.4, 0.5) is 30.4 Å². The Morgan fingerprint density at radius 2 is 1.01 bits per heavy atom. The first kappa shape index (κ1) is 82.0. The molecular weight excluding hydrogens is 1540 g/mol. The van der Waals surface area contributed by atoms with E-state index in [2.05, 4.69) is 95.7 Å². The zero-order valence-corrected chi connectivity index (χ0v) is 67.7. The number of nitrogens with zero attached hydrogens (tertiary/aromatic N) is 10. The number of benzene rings is 6. The minimum absolute atomic E-state index is 0. The average Bonchev–Trinajstić information content (AvgIpc) is 1.63. The number of halogens is 4. The SMILES string of the molecule is CC(=O)Nc1ccc2c(-c3cccc(C(N)=S)c3)cn(C3CCN(S(=O)(=O)C(F)(F)F)CC3)c2c1.CCC(=O)Nc1ccc2c(-c3cccc(C(N)=S)c3)cn(C3CCN(S(=O)(=O)C(C)C)CC3)c2c1.Cc1cc(N2CCC(n3cc(-c4cccc(C(N)=S)c4)c4ccc(CCc5nnc(C)s5)cc43)CC2)n(C)n1.Cl. The molecule has 0 unspecified atom stereocenters. The van der Waals surface area contributed by atoms with Crippen molar-refractivity contribution in [3.05, 3.63) is 190 Å². The predicted octanol–water partition coefficient (Wildman–Crippen LogP) is 15.2. The molecular formula is C79H89ClF3N15O6S6. The Morgan fingerprint density at radius 3 is 1.40 bits per heavy atom. The van der Waals surface area contributed by atoms with Crippen LogP contribution in [-0.2, 0) is 49.5 Å². The Balaban J connectivity index is 0.000000163. The van der Waals surface area contributed by atoms with Crippen LogP contribution in [0.25, 0.3) is 66.1 Å². The molecule has 110 heavy (non-hydrogen) atoms. The first-order valence-corrected chi connectivity index (χ1v) is 41.1. The lowest BCUT2D eigenvalue weighted by Crippen LogP contribution is -2.45. The number of piperidine rings is 3. The van der Waals surface area contributed by atoms with E-state index in [4.69, 9.17) is 53.9 Å². The van der Waals surface area contributed by atoms with E-state index in [1.165, 1.54) is 34.8 Å². The summed E-state index contributed by atoms with van der Waals surface area (Å²) in [6, 6.07) is 44.4. The molecule has 8 heterocycles. The van der Waals surface area contributed by atoms with Crippen LogP contribution in [0.3, 0.4) is 0 Å². The molecule has 0 saturated carbocycles. The highest BCUT2D eigenvalue weighted by Crippen LogP contribution is 2.42. The number of amides is 2. The minimum Gasteiger partial charge on any atom is -0.389 e. The number of alkyl halides is 3. The van der Waals surface area contributed by atoms with Crippen LogP contribution >= 0.6 is 60.4 Å². The topological polar surface area (TPSA) is 273 Å². The molecule has 0 atom stereocenters. The Labute approximate surface area is 664 Å². The number of nitrogens with two attached hydrogens (primary N) is 3. The minimum atomic E-state index is -5.37. The van der Waals surface area contributed by atoms with E-state index in [9.17, 15) is 39.6 Å². The first-order chi connectivity index (χ1) is 51.8. The Hall–Kier alpha value is -8.98. The van der Waals surface area contributed by atoms with Crippen LogP contribution in [0.1, 0.15) is 129 Å². The largest absolute Gasteiger partial charge is 0.511 e. The molecule has 31 heteroatoms. The molecule has 2 amide bonds. The second-order valence-corrected chi connectivity index (χ2v) is 35.1. The number of aromatic nitrogens is 7. The summed E-state index contributed by atoms with van der Waals surface area (Å²) in [7, 11) is -6.60. The normalized spacial score (nSPS) is 15.1. The number of carbonyl (C=O) groups excluding carboxylic acids is 2. The van der Waals surface area contributed by atoms with E-state index in [1.807, 2.05) is 115 Å². The van der Waals surface area contributed by atoms with Gasteiger partial charge in [0.05, 0.1) is 22.0 Å². The lowest BCUT2D eigenvalue weighted by atomic mass is 10.0. The number of hydrogen-bond donors (Lipinski definition) is 5. The van der Waals surface area contributed by atoms with Crippen LogP contribution in [0.5, 0.6) is 0 Å². The molecule has 0 bridgehead atoms. The fourth-order valence-electron chi connectivity index (χ4n) is 14.8. The van der Waals surface area contributed by atoms with Crippen molar-refractivity contribution in [3.8, 4) is 33.4 Å². The number of fused-ring (bicyclic) bond motifs is 3. The van der Waals surface area contributed by atoms with Crippen molar-refractivity contribution < 1.29 is 39.6 Å². The molecule has 0 spiro atoms. The van der Waals surface area contributed by atoms with Crippen LogP contribution in [0, 0.1) is 13.8 Å². The molecule has 0 aliphatic carbocycles. The summed E-state index contributed by atoms with van der Waals surface area (Å²) in [5.41, 5.74) is 27.6. The van der Waals surface area contributed by atoms with Gasteiger partial charge in [0, 0.05) is 175 Å². The van der Waals surface area contributed by atoms with Crippen molar-refractivity contribution in [3.63, 3.8) is 0 Å². The quantitative estimate of drug-likeness (QED) is 0.0471. The Bertz CT molecular complexity index is 5510. The van der Waals surface area contributed by atoms with Crippen molar-refractivity contribution >= 4 is 157 Å². The fourth-order valence-corrected chi connectivity index (χ4v) is 18.2. The van der Waals surface area contributed by atoms with E-state index in [0.717, 1.165) is 121 Å². The van der Waals surface area contributed by atoms with Gasteiger partial charge in [0.25, 0.3) is 0 Å². The number of hydrogen-bond acceptors (Lipinski definition) is 14. The van der Waals surface area contributed by atoms with Crippen LogP contribution in [0.2, 0.25) is 0 Å². The summed E-state index contributed by atoms with van der Waals surface area (Å²) in [6.45, 7) is 13.2. The van der Waals surface area contributed by atoms with Gasteiger partial charge in [-0.1, -0.05) is 122 Å². The van der Waals surface area contributed by atoms with E-state index in [0.29, 0.717) is 63.9 Å². The second-order valence-electron chi connectivity index (χ2n) is 28.1. The molecule has 8 N–H and O–H groups in total. The molecule has 0 radical (unpaired) electrons. The van der Waals surface area contributed by atoms with Crippen LogP contribution in [-0.4, -0.2) is 136 Å². The third-order valence-electron chi connectivity index (χ3n) is 20.4. The zero-order valence-electron chi connectivity index (χ0n) is 62.0. The molecule has 14 rings (SSSR count). The van der Waals surface area contributed by atoms with Gasteiger partial charge in [-0.3, -0.25) is 14.3 Å². The summed E-state index contributed by atoms with van der Waals surface area (Å²) in [5.74, 6) is 0.921. The van der Waals surface area contributed by atoms with Crippen molar-refractivity contribution in [2.75, 3.05) is 54.8 Å². The lowest BCUT2D eigenvalue weighted by molar-refractivity contribution is -0.116. The summed E-state index contributed by atoms with van der Waals surface area (Å²) in [5, 5.41) is 23.6. The van der Waals surface area contributed by atoms with Gasteiger partial charge in [-0.15, -0.1) is 33.9 Å². The van der Waals surface area contributed by atoms with Gasteiger partial charge < -0.3 is 46.4 Å². The highest BCUT2D eigenvalue weighted by atomic mass is 35.5. The van der Waals surface area contributed by atoms with Crippen LogP contribution in [0.15, 0.2) is 152 Å². The van der Waals surface area contributed by atoms with Gasteiger partial charge in [0.2, 0.25) is 21.8 Å². The van der Waals surface area contributed by atoms with Crippen molar-refractivity contribution in [1.82, 2.24) is 42.3 Å². The standard InChI is InChI=1S/C30H33N7S2.C26H32N4O3S2.C23H23F3N4O3S2.ClH/c1-19-15-29(35(3)34-19)36-13-11-24(12-14-36)37-18-26(22-5-4-6-23(17-22)30(31)38)25-9-7-21(16-27(25)37)8-10-28-33-32-20(2)39-28;1-4-25(31)28-20-8-9-22-23(18-6-5-7-19(14-18)26(27)34)16-30(24(22)15-20)21-10-12-29(13-11-21)35(32,33)17(2)3;1-14(31)28-17-5-6-19-20(15-3-2-4-16(11-15)22(27)34)13-30(21(19)12-17)18-7-9-29(10-8-18)35(32,33)23(24,25)26;/h4-7,9,15-18,24H,8,10-14H2,1-3H3,(H2,31,38);5-9,14-17,21H,4,10-13H2,1-3H3,(H2,27,34)(H,28,31);2-6,11-13,18H,7-10H2,1H3,(H2,27,34)(H,28,31);1H. The number of aryl methyl sites for hydroxylation is 5. The smallest absolute Gasteiger partial charge is 0.389 e. The summed E-state index contributed by atoms with van der Waals surface area (Å²) < 4.78 is 98.7. The maximum absolute atomic E-state index is 13.0.